The predicted molar refractivity (Wildman–Crippen MR) is 190 cm³/mol. The van der Waals surface area contributed by atoms with Crippen LogP contribution < -0.4 is 4.74 Å². The molecule has 48 heavy (non-hydrogen) atoms. The lowest BCUT2D eigenvalue weighted by atomic mass is 10.1. The predicted octanol–water partition coefficient (Wildman–Crippen LogP) is 8.76. The second kappa shape index (κ2) is 13.1. The van der Waals surface area contributed by atoms with Gasteiger partial charge in [0.15, 0.2) is 0 Å². The van der Waals surface area contributed by atoms with Crippen LogP contribution in [0.15, 0.2) is 48.9 Å². The van der Waals surface area contributed by atoms with E-state index in [1.165, 1.54) is 0 Å². The largest absolute Gasteiger partial charge is 0.456 e. The number of amides is 1. The van der Waals surface area contributed by atoms with Gasteiger partial charge in [-0.05, 0) is 78.1 Å². The first-order valence-electron chi connectivity index (χ1n) is 16.4. The van der Waals surface area contributed by atoms with Crippen molar-refractivity contribution in [3.8, 4) is 22.8 Å². The van der Waals surface area contributed by atoms with Crippen molar-refractivity contribution in [2.24, 2.45) is 0 Å². The van der Waals surface area contributed by atoms with Gasteiger partial charge in [-0.25, -0.2) is 19.4 Å². The average Bonchev–Trinajstić information content (AvgIpc) is 3.64. The fourth-order valence-electron chi connectivity index (χ4n) is 5.62. The van der Waals surface area contributed by atoms with Crippen LogP contribution in [0.25, 0.3) is 33.3 Å². The lowest BCUT2D eigenvalue weighted by Crippen LogP contribution is -2.44. The van der Waals surface area contributed by atoms with Crippen molar-refractivity contribution in [1.29, 1.82) is 0 Å². The molecule has 2 atom stereocenters. The Morgan fingerprint density at radius 1 is 1.08 bits per heavy atom. The molecule has 5 aromatic rings. The number of hydrogen-bond acceptors (Lipinski definition) is 8. The number of hydrogen-bond donors (Lipinski definition) is 0. The molecule has 0 radical (unpaired) electrons. The minimum Gasteiger partial charge on any atom is -0.456 e. The van der Waals surface area contributed by atoms with Gasteiger partial charge in [0, 0.05) is 30.1 Å². The van der Waals surface area contributed by atoms with Crippen LogP contribution in [0.2, 0.25) is 24.7 Å². The number of likely N-dealkylation sites (tertiary alicyclic amines) is 1. The molecule has 6 rings (SSSR count). The Morgan fingerprint density at radius 3 is 2.62 bits per heavy atom. The number of halogens is 1. The number of aryl methyl sites for hydroxylation is 1. The van der Waals surface area contributed by atoms with Crippen LogP contribution in [0, 0.1) is 6.92 Å². The molecule has 0 bridgehead atoms. The summed E-state index contributed by atoms with van der Waals surface area (Å²) in [4.78, 5) is 29.0. The van der Waals surface area contributed by atoms with Crippen LogP contribution in [-0.4, -0.2) is 66.2 Å². The third kappa shape index (κ3) is 7.20. The zero-order valence-electron chi connectivity index (χ0n) is 29.0. The molecule has 2 unspecified atom stereocenters. The number of imidazole rings is 1. The van der Waals surface area contributed by atoms with E-state index < -0.39 is 13.7 Å². The smallest absolute Gasteiger partial charge is 0.411 e. The fraction of sp³-hybridized carbons (Fsp3) is 0.457. The number of piperidine rings is 1. The lowest BCUT2D eigenvalue weighted by Gasteiger charge is -2.36. The summed E-state index contributed by atoms with van der Waals surface area (Å²) in [6, 6.07) is 9.44. The van der Waals surface area contributed by atoms with Gasteiger partial charge >= 0.3 is 6.09 Å². The van der Waals surface area contributed by atoms with Crippen LogP contribution in [0.3, 0.4) is 0 Å². The summed E-state index contributed by atoms with van der Waals surface area (Å²) in [5.74, 6) is 1.95. The normalized spacial score (nSPS) is 16.4. The molecular formula is C35H44ClN7O4Si. The van der Waals surface area contributed by atoms with E-state index in [-0.39, 0.29) is 18.0 Å². The van der Waals surface area contributed by atoms with Gasteiger partial charge in [0.2, 0.25) is 0 Å². The third-order valence-corrected chi connectivity index (χ3v) is 11.7. The Morgan fingerprint density at radius 2 is 1.88 bits per heavy atom. The van der Waals surface area contributed by atoms with E-state index in [2.05, 4.69) is 41.2 Å². The third-order valence-electron chi connectivity index (χ3n) is 8.73. The summed E-state index contributed by atoms with van der Waals surface area (Å²) >= 11 is 6.90. The molecule has 1 amide bonds. The van der Waals surface area contributed by atoms with Crippen LogP contribution in [-0.2, 0) is 16.2 Å². The van der Waals surface area contributed by atoms with Crippen LogP contribution in [0.5, 0.6) is 11.5 Å². The molecule has 1 fully saturated rings. The molecule has 1 saturated heterocycles. The number of ether oxygens (including phenoxy) is 3. The summed E-state index contributed by atoms with van der Waals surface area (Å²) in [5, 5.41) is 4.97. The Bertz CT molecular complexity index is 1960. The van der Waals surface area contributed by atoms with Gasteiger partial charge in [-0.3, -0.25) is 9.88 Å². The second-order valence-electron chi connectivity index (χ2n) is 14.5. The number of aromatic nitrogens is 6. The highest BCUT2D eigenvalue weighted by Gasteiger charge is 2.32. The number of fused-ring (bicyclic) bond motifs is 2. The number of benzene rings is 2. The van der Waals surface area contributed by atoms with E-state index in [1.807, 2.05) is 62.8 Å². The van der Waals surface area contributed by atoms with Crippen molar-refractivity contribution in [2.45, 2.75) is 97.7 Å². The first-order valence-corrected chi connectivity index (χ1v) is 20.4. The molecule has 3 aromatic heterocycles. The van der Waals surface area contributed by atoms with Gasteiger partial charge in [-0.1, -0.05) is 31.2 Å². The fourth-order valence-corrected chi connectivity index (χ4v) is 6.44. The van der Waals surface area contributed by atoms with E-state index in [9.17, 15) is 4.79 Å². The SMILES string of the molecule is Cc1nc2cc(Oc3ccc4ncc(-c5cnn(C6CCCCN6C(=O)OC(C)(C)C)c5)nc4c3Cl)ccc2n1COC(C)[Si](C)(C)C. The lowest BCUT2D eigenvalue weighted by molar-refractivity contribution is -0.00344. The molecule has 0 N–H and O–H groups in total. The number of carbonyl (C=O) groups is 1. The van der Waals surface area contributed by atoms with E-state index in [1.54, 1.807) is 23.4 Å². The Labute approximate surface area is 287 Å². The molecule has 13 heteroatoms. The van der Waals surface area contributed by atoms with Crippen molar-refractivity contribution in [1.82, 2.24) is 34.2 Å². The average molecular weight is 690 g/mol. The minimum atomic E-state index is -1.42. The van der Waals surface area contributed by atoms with Gasteiger partial charge in [0.05, 0.1) is 42.7 Å². The van der Waals surface area contributed by atoms with Gasteiger partial charge in [0.1, 0.15) is 46.4 Å². The van der Waals surface area contributed by atoms with E-state index >= 15 is 0 Å². The highest BCUT2D eigenvalue weighted by Crippen LogP contribution is 2.36. The highest BCUT2D eigenvalue weighted by molar-refractivity contribution is 6.77. The Kier molecular flexibility index (Phi) is 9.27. The minimum absolute atomic E-state index is 0.221. The van der Waals surface area contributed by atoms with Crippen molar-refractivity contribution < 1.29 is 19.0 Å². The van der Waals surface area contributed by atoms with Gasteiger partial charge < -0.3 is 18.8 Å². The molecule has 2 aromatic carbocycles. The van der Waals surface area contributed by atoms with Crippen LogP contribution in [0.4, 0.5) is 4.79 Å². The van der Waals surface area contributed by atoms with Crippen LogP contribution >= 0.6 is 11.6 Å². The zero-order chi connectivity index (χ0) is 34.4. The van der Waals surface area contributed by atoms with Gasteiger partial charge in [-0.15, -0.1) is 0 Å². The maximum absolute atomic E-state index is 13.0. The molecule has 4 heterocycles. The summed E-state index contributed by atoms with van der Waals surface area (Å²) in [6.07, 6.45) is 7.46. The molecule has 0 saturated carbocycles. The first kappa shape index (κ1) is 33.9. The first-order chi connectivity index (χ1) is 22.7. The number of carbonyl (C=O) groups excluding carboxylic acids is 1. The summed E-state index contributed by atoms with van der Waals surface area (Å²) in [6.45, 7) is 17.7. The Hall–Kier alpha value is -4.00. The van der Waals surface area contributed by atoms with E-state index in [0.717, 1.165) is 41.7 Å². The summed E-state index contributed by atoms with van der Waals surface area (Å²) < 4.78 is 22.1. The standard InChI is InChI=1S/C35H44ClN7O4Si/c1-22-39-27-17-25(12-14-29(27)42(22)21-45-23(2)48(6,7)8)46-30-15-13-26-33(32(30)36)40-28(19-37-26)24-18-38-43(20-24)31-11-9-10-16-41(31)34(44)47-35(3,4)5/h12-15,17-20,23,31H,9-11,16,21H2,1-8H3. The van der Waals surface area contributed by atoms with Crippen molar-refractivity contribution >= 4 is 47.8 Å². The van der Waals surface area contributed by atoms with Crippen molar-refractivity contribution in [3.05, 3.63) is 59.8 Å². The molecule has 11 nitrogen and oxygen atoms in total. The second-order valence-corrected chi connectivity index (χ2v) is 20.4. The summed E-state index contributed by atoms with van der Waals surface area (Å²) in [7, 11) is -1.42. The van der Waals surface area contributed by atoms with E-state index in [0.29, 0.717) is 46.5 Å². The maximum Gasteiger partial charge on any atom is 0.411 e. The Balaban J connectivity index is 1.22. The maximum atomic E-state index is 13.0. The van der Waals surface area contributed by atoms with Crippen molar-refractivity contribution in [3.63, 3.8) is 0 Å². The highest BCUT2D eigenvalue weighted by atomic mass is 35.5. The number of rotatable bonds is 8. The molecule has 254 valence electrons. The molecule has 0 spiro atoms. The van der Waals surface area contributed by atoms with Gasteiger partial charge in [-0.2, -0.15) is 5.10 Å². The van der Waals surface area contributed by atoms with Crippen molar-refractivity contribution in [2.75, 3.05) is 6.54 Å². The molecule has 1 aliphatic rings. The summed E-state index contributed by atoms with van der Waals surface area (Å²) in [5.41, 5.74) is 3.97. The van der Waals surface area contributed by atoms with E-state index in [4.69, 9.17) is 35.8 Å². The monoisotopic (exact) mass is 689 g/mol. The van der Waals surface area contributed by atoms with Crippen LogP contribution in [0.1, 0.15) is 58.9 Å². The molecule has 1 aliphatic heterocycles. The molecule has 0 aliphatic carbocycles. The zero-order valence-corrected chi connectivity index (χ0v) is 30.7. The van der Waals surface area contributed by atoms with Gasteiger partial charge in [0.25, 0.3) is 0 Å². The quantitative estimate of drug-likeness (QED) is 0.149. The number of nitrogens with zero attached hydrogens (tertiary/aromatic N) is 7. The topological polar surface area (TPSA) is 109 Å². The molecular weight excluding hydrogens is 646 g/mol.